The number of nitrogens with one attached hydrogen (secondary N) is 1. The Morgan fingerprint density at radius 3 is 2.29 bits per heavy atom. The van der Waals surface area contributed by atoms with Gasteiger partial charge in [-0.2, -0.15) is 0 Å². The predicted octanol–water partition coefficient (Wildman–Crippen LogP) is 3.87. The summed E-state index contributed by atoms with van der Waals surface area (Å²) in [5.74, 6) is -0.739. The second-order valence-electron chi connectivity index (χ2n) is 5.16. The maximum absolute atomic E-state index is 10.5. The summed E-state index contributed by atoms with van der Waals surface area (Å²) in [7, 11) is 0. The van der Waals surface area contributed by atoms with Crippen molar-refractivity contribution in [1.82, 2.24) is 5.32 Å². The standard InChI is InChI=1S/C18H21NO2/c1-14(19-13-5-8-18(20)21)15-9-11-17(12-10-15)16-6-3-2-4-7-16/h2-4,6-7,9-12,14,19H,5,8,13H2,1H3,(H,20,21). The molecule has 110 valence electrons. The zero-order valence-corrected chi connectivity index (χ0v) is 12.3. The van der Waals surface area contributed by atoms with Crippen LogP contribution >= 0.6 is 0 Å². The van der Waals surface area contributed by atoms with E-state index >= 15 is 0 Å². The Hall–Kier alpha value is -2.13. The first-order chi connectivity index (χ1) is 10.2. The highest BCUT2D eigenvalue weighted by Crippen LogP contribution is 2.21. The average molecular weight is 283 g/mol. The largest absolute Gasteiger partial charge is 0.481 e. The Bertz CT molecular complexity index is 564. The second-order valence-corrected chi connectivity index (χ2v) is 5.16. The number of carboxylic acids is 1. The molecular formula is C18H21NO2. The summed E-state index contributed by atoms with van der Waals surface area (Å²) in [5.41, 5.74) is 3.63. The van der Waals surface area contributed by atoms with Crippen molar-refractivity contribution >= 4 is 5.97 Å². The van der Waals surface area contributed by atoms with Gasteiger partial charge < -0.3 is 10.4 Å². The van der Waals surface area contributed by atoms with Crippen molar-refractivity contribution in [3.8, 4) is 11.1 Å². The minimum Gasteiger partial charge on any atom is -0.481 e. The lowest BCUT2D eigenvalue weighted by Gasteiger charge is -2.14. The molecular weight excluding hydrogens is 262 g/mol. The number of benzene rings is 2. The van der Waals surface area contributed by atoms with E-state index in [1.807, 2.05) is 18.2 Å². The molecule has 2 rings (SSSR count). The van der Waals surface area contributed by atoms with Crippen molar-refractivity contribution in [3.05, 3.63) is 60.2 Å². The molecule has 0 spiro atoms. The number of carboxylic acid groups (broad SMARTS) is 1. The summed E-state index contributed by atoms with van der Waals surface area (Å²) in [6, 6.07) is 19.0. The van der Waals surface area contributed by atoms with Gasteiger partial charge in [-0.3, -0.25) is 4.79 Å². The smallest absolute Gasteiger partial charge is 0.303 e. The normalized spacial score (nSPS) is 12.0. The summed E-state index contributed by atoms with van der Waals surface area (Å²) < 4.78 is 0. The minimum atomic E-state index is -0.739. The average Bonchev–Trinajstić information content (AvgIpc) is 2.52. The summed E-state index contributed by atoms with van der Waals surface area (Å²) in [6.45, 7) is 2.81. The number of hydrogen-bond donors (Lipinski definition) is 2. The van der Waals surface area contributed by atoms with E-state index in [0.717, 1.165) is 0 Å². The van der Waals surface area contributed by atoms with Crippen LogP contribution in [0.15, 0.2) is 54.6 Å². The highest BCUT2D eigenvalue weighted by atomic mass is 16.4. The van der Waals surface area contributed by atoms with Crippen LogP contribution in [-0.2, 0) is 4.79 Å². The van der Waals surface area contributed by atoms with Crippen molar-refractivity contribution in [2.24, 2.45) is 0 Å². The Morgan fingerprint density at radius 2 is 1.67 bits per heavy atom. The van der Waals surface area contributed by atoms with E-state index in [9.17, 15) is 4.79 Å². The Balaban J connectivity index is 1.91. The third-order valence-corrected chi connectivity index (χ3v) is 3.54. The van der Waals surface area contributed by atoms with Crippen LogP contribution in [-0.4, -0.2) is 17.6 Å². The van der Waals surface area contributed by atoms with Gasteiger partial charge in [0.25, 0.3) is 0 Å². The number of hydrogen-bond acceptors (Lipinski definition) is 2. The van der Waals surface area contributed by atoms with Crippen LogP contribution in [0.1, 0.15) is 31.4 Å². The molecule has 0 saturated heterocycles. The molecule has 0 bridgehead atoms. The highest BCUT2D eigenvalue weighted by molar-refractivity contribution is 5.66. The van der Waals surface area contributed by atoms with Crippen LogP contribution in [0.5, 0.6) is 0 Å². The summed E-state index contributed by atoms with van der Waals surface area (Å²) in [6.07, 6.45) is 0.869. The molecule has 0 heterocycles. The quantitative estimate of drug-likeness (QED) is 0.758. The van der Waals surface area contributed by atoms with E-state index < -0.39 is 5.97 Å². The van der Waals surface area contributed by atoms with Gasteiger partial charge in [0.2, 0.25) is 0 Å². The monoisotopic (exact) mass is 283 g/mol. The molecule has 0 saturated carbocycles. The molecule has 2 N–H and O–H groups in total. The van der Waals surface area contributed by atoms with E-state index in [-0.39, 0.29) is 12.5 Å². The zero-order valence-electron chi connectivity index (χ0n) is 12.3. The number of aliphatic carboxylic acids is 1. The van der Waals surface area contributed by atoms with E-state index in [0.29, 0.717) is 13.0 Å². The molecule has 3 nitrogen and oxygen atoms in total. The lowest BCUT2D eigenvalue weighted by atomic mass is 10.0. The third-order valence-electron chi connectivity index (χ3n) is 3.54. The fraction of sp³-hybridized carbons (Fsp3) is 0.278. The predicted molar refractivity (Wildman–Crippen MR) is 85.2 cm³/mol. The molecule has 0 aliphatic heterocycles. The van der Waals surface area contributed by atoms with Gasteiger partial charge in [0, 0.05) is 12.5 Å². The van der Waals surface area contributed by atoms with Crippen molar-refractivity contribution in [1.29, 1.82) is 0 Å². The van der Waals surface area contributed by atoms with Crippen LogP contribution < -0.4 is 5.32 Å². The third kappa shape index (κ3) is 4.72. The van der Waals surface area contributed by atoms with Crippen molar-refractivity contribution in [3.63, 3.8) is 0 Å². The lowest BCUT2D eigenvalue weighted by molar-refractivity contribution is -0.137. The molecule has 0 aliphatic carbocycles. The van der Waals surface area contributed by atoms with Gasteiger partial charge in [0.1, 0.15) is 0 Å². The van der Waals surface area contributed by atoms with Crippen LogP contribution in [0.25, 0.3) is 11.1 Å². The molecule has 0 fully saturated rings. The Kier molecular flexibility index (Phi) is 5.52. The maximum Gasteiger partial charge on any atom is 0.303 e. The second kappa shape index (κ2) is 7.60. The molecule has 3 heteroatoms. The minimum absolute atomic E-state index is 0.215. The summed E-state index contributed by atoms with van der Waals surface area (Å²) in [5, 5.41) is 12.0. The fourth-order valence-corrected chi connectivity index (χ4v) is 2.27. The molecule has 0 aliphatic rings. The van der Waals surface area contributed by atoms with Gasteiger partial charge in [0.15, 0.2) is 0 Å². The topological polar surface area (TPSA) is 49.3 Å². The Morgan fingerprint density at radius 1 is 1.05 bits per heavy atom. The van der Waals surface area contributed by atoms with E-state index in [2.05, 4.69) is 48.6 Å². The van der Waals surface area contributed by atoms with Gasteiger partial charge in [-0.25, -0.2) is 0 Å². The number of carbonyl (C=O) groups is 1. The molecule has 0 radical (unpaired) electrons. The first-order valence-electron chi connectivity index (χ1n) is 7.27. The van der Waals surface area contributed by atoms with Crippen LogP contribution in [0.3, 0.4) is 0 Å². The molecule has 1 atom stereocenters. The van der Waals surface area contributed by atoms with Crippen molar-refractivity contribution in [2.75, 3.05) is 6.54 Å². The fourth-order valence-electron chi connectivity index (χ4n) is 2.27. The van der Waals surface area contributed by atoms with Gasteiger partial charge in [-0.05, 0) is 36.6 Å². The van der Waals surface area contributed by atoms with Crippen molar-refractivity contribution < 1.29 is 9.90 Å². The van der Waals surface area contributed by atoms with E-state index in [1.165, 1.54) is 16.7 Å². The first-order valence-corrected chi connectivity index (χ1v) is 7.27. The van der Waals surface area contributed by atoms with Gasteiger partial charge in [-0.15, -0.1) is 0 Å². The molecule has 1 unspecified atom stereocenters. The first kappa shape index (κ1) is 15.3. The summed E-state index contributed by atoms with van der Waals surface area (Å²) >= 11 is 0. The van der Waals surface area contributed by atoms with E-state index in [4.69, 9.17) is 5.11 Å². The van der Waals surface area contributed by atoms with Gasteiger partial charge in [-0.1, -0.05) is 54.6 Å². The van der Waals surface area contributed by atoms with Gasteiger partial charge >= 0.3 is 5.97 Å². The molecule has 0 aromatic heterocycles. The van der Waals surface area contributed by atoms with E-state index in [1.54, 1.807) is 0 Å². The SMILES string of the molecule is CC(NCCCC(=O)O)c1ccc(-c2ccccc2)cc1. The van der Waals surface area contributed by atoms with Gasteiger partial charge in [0.05, 0.1) is 0 Å². The molecule has 2 aromatic rings. The van der Waals surface area contributed by atoms with Crippen LogP contribution in [0.4, 0.5) is 0 Å². The van der Waals surface area contributed by atoms with Crippen molar-refractivity contribution in [2.45, 2.75) is 25.8 Å². The number of rotatable bonds is 7. The molecule has 2 aromatic carbocycles. The molecule has 0 amide bonds. The Labute approximate surface area is 125 Å². The van der Waals surface area contributed by atoms with Crippen LogP contribution in [0, 0.1) is 0 Å². The van der Waals surface area contributed by atoms with Crippen LogP contribution in [0.2, 0.25) is 0 Å². The summed E-state index contributed by atoms with van der Waals surface area (Å²) in [4.78, 5) is 10.5. The zero-order chi connectivity index (χ0) is 15.1. The maximum atomic E-state index is 10.5. The molecule has 21 heavy (non-hydrogen) atoms. The lowest BCUT2D eigenvalue weighted by Crippen LogP contribution is -2.20. The highest BCUT2D eigenvalue weighted by Gasteiger charge is 2.05.